The van der Waals surface area contributed by atoms with Crippen molar-refractivity contribution in [3.05, 3.63) is 47.7 Å². The zero-order valence-corrected chi connectivity index (χ0v) is 13.8. The molecule has 7 nitrogen and oxygen atoms in total. The molecule has 0 saturated heterocycles. The molecule has 0 bridgehead atoms. The maximum absolute atomic E-state index is 11.9. The van der Waals surface area contributed by atoms with Gasteiger partial charge in [0, 0.05) is 18.4 Å². The molecule has 124 valence electrons. The molecule has 1 aromatic carbocycles. The van der Waals surface area contributed by atoms with Crippen LogP contribution in [0.25, 0.3) is 0 Å². The normalized spacial score (nSPS) is 12.8. The minimum absolute atomic E-state index is 0.0407. The molecule has 1 unspecified atom stereocenters. The molecule has 0 aliphatic heterocycles. The number of hydrogen-bond donors (Lipinski definition) is 2. The van der Waals surface area contributed by atoms with Crippen LogP contribution in [-0.2, 0) is 14.6 Å². The van der Waals surface area contributed by atoms with Crippen molar-refractivity contribution >= 4 is 21.6 Å². The molecule has 1 amide bonds. The first kappa shape index (κ1) is 17.2. The van der Waals surface area contributed by atoms with E-state index < -0.39 is 15.9 Å². The largest absolute Gasteiger partial charge is 0.360 e. The number of anilines is 1. The summed E-state index contributed by atoms with van der Waals surface area (Å²) in [6.07, 6.45) is 1.17. The average Bonchev–Trinajstić information content (AvgIpc) is 2.88. The second-order valence-corrected chi connectivity index (χ2v) is 7.49. The van der Waals surface area contributed by atoms with Crippen LogP contribution in [0.5, 0.6) is 0 Å². The van der Waals surface area contributed by atoms with Gasteiger partial charge in [0.2, 0.25) is 5.91 Å². The summed E-state index contributed by atoms with van der Waals surface area (Å²) in [5.41, 5.74) is 0.808. The number of sulfone groups is 1. The third-order valence-electron chi connectivity index (χ3n) is 3.08. The third kappa shape index (κ3) is 5.84. The highest BCUT2D eigenvalue weighted by atomic mass is 32.2. The van der Waals surface area contributed by atoms with Gasteiger partial charge in [0.05, 0.1) is 12.3 Å². The van der Waals surface area contributed by atoms with Crippen LogP contribution in [0.1, 0.15) is 17.4 Å². The van der Waals surface area contributed by atoms with Crippen LogP contribution in [0.3, 0.4) is 0 Å². The van der Waals surface area contributed by atoms with Crippen molar-refractivity contribution in [1.29, 1.82) is 0 Å². The minimum Gasteiger partial charge on any atom is -0.360 e. The molecule has 1 atom stereocenters. The molecule has 0 saturated carbocycles. The first-order valence-electron chi connectivity index (χ1n) is 7.03. The van der Waals surface area contributed by atoms with Gasteiger partial charge in [0.1, 0.15) is 15.6 Å². The highest BCUT2D eigenvalue weighted by Crippen LogP contribution is 2.14. The van der Waals surface area contributed by atoms with E-state index in [1.54, 1.807) is 13.0 Å². The molecular weight excluding hydrogens is 318 g/mol. The average molecular weight is 337 g/mol. The predicted molar refractivity (Wildman–Crippen MR) is 86.8 cm³/mol. The lowest BCUT2D eigenvalue weighted by atomic mass is 10.1. The number of aromatic nitrogens is 1. The molecule has 1 heterocycles. The molecule has 0 aliphatic rings. The fraction of sp³-hybridized carbons (Fsp3) is 0.333. The number of hydrogen-bond acceptors (Lipinski definition) is 6. The lowest BCUT2D eigenvalue weighted by Gasteiger charge is -2.18. The predicted octanol–water partition coefficient (Wildman–Crippen LogP) is 1.30. The van der Waals surface area contributed by atoms with Gasteiger partial charge >= 0.3 is 0 Å². The Labute approximate surface area is 135 Å². The summed E-state index contributed by atoms with van der Waals surface area (Å²) < 4.78 is 28.0. The summed E-state index contributed by atoms with van der Waals surface area (Å²) in [4.78, 5) is 11.9. The third-order valence-corrected chi connectivity index (χ3v) is 4.01. The first-order valence-corrected chi connectivity index (χ1v) is 9.09. The number of nitrogens with zero attached hydrogens (tertiary/aromatic N) is 1. The Hall–Kier alpha value is -2.19. The molecule has 23 heavy (non-hydrogen) atoms. The minimum atomic E-state index is -3.20. The zero-order chi connectivity index (χ0) is 16.9. The molecule has 2 aromatic rings. The van der Waals surface area contributed by atoms with E-state index in [0.717, 1.165) is 5.56 Å². The summed E-state index contributed by atoms with van der Waals surface area (Å²) in [6, 6.07) is 10.3. The van der Waals surface area contributed by atoms with Gasteiger partial charge in [-0.15, -0.1) is 0 Å². The Morgan fingerprint density at radius 1 is 1.30 bits per heavy atom. The van der Waals surface area contributed by atoms with E-state index in [1.165, 1.54) is 6.26 Å². The van der Waals surface area contributed by atoms with Crippen LogP contribution in [0.15, 0.2) is 40.9 Å². The Morgan fingerprint density at radius 2 is 2.00 bits per heavy atom. The van der Waals surface area contributed by atoms with E-state index >= 15 is 0 Å². The number of carbonyl (C=O) groups excluding carboxylic acids is 1. The molecule has 0 radical (unpaired) electrons. The van der Waals surface area contributed by atoms with Gasteiger partial charge < -0.3 is 15.2 Å². The van der Waals surface area contributed by atoms with Crippen molar-refractivity contribution < 1.29 is 17.7 Å². The van der Waals surface area contributed by atoms with Gasteiger partial charge in [-0.05, 0) is 12.5 Å². The molecule has 1 aromatic heterocycles. The van der Waals surface area contributed by atoms with Crippen molar-refractivity contribution in [2.75, 3.05) is 23.9 Å². The quantitative estimate of drug-likeness (QED) is 0.789. The molecule has 0 spiro atoms. The summed E-state index contributed by atoms with van der Waals surface area (Å²) >= 11 is 0. The number of aryl methyl sites for hydroxylation is 1. The van der Waals surface area contributed by atoms with Crippen LogP contribution in [0, 0.1) is 6.92 Å². The monoisotopic (exact) mass is 337 g/mol. The lowest BCUT2D eigenvalue weighted by Crippen LogP contribution is -2.34. The Bertz CT molecular complexity index is 756. The maximum Gasteiger partial charge on any atom is 0.239 e. The highest BCUT2D eigenvalue weighted by molar-refractivity contribution is 7.90. The van der Waals surface area contributed by atoms with Gasteiger partial charge in [0.15, 0.2) is 5.82 Å². The number of benzene rings is 1. The molecular formula is C15H19N3O4S. The van der Waals surface area contributed by atoms with Crippen LogP contribution >= 0.6 is 0 Å². The van der Waals surface area contributed by atoms with Crippen LogP contribution in [0.4, 0.5) is 5.82 Å². The highest BCUT2D eigenvalue weighted by Gasteiger charge is 2.18. The van der Waals surface area contributed by atoms with Crippen molar-refractivity contribution in [2.24, 2.45) is 0 Å². The van der Waals surface area contributed by atoms with Gasteiger partial charge in [-0.25, -0.2) is 8.42 Å². The summed E-state index contributed by atoms with van der Waals surface area (Å²) in [5.74, 6) is 0.502. The van der Waals surface area contributed by atoms with E-state index in [2.05, 4.69) is 15.8 Å². The molecule has 0 fully saturated rings. The molecule has 2 N–H and O–H groups in total. The standard InChI is InChI=1S/C15H19N3O4S/c1-11-8-14(18-22-11)17-15(19)9-16-13(10-23(2,20)21)12-6-4-3-5-7-12/h3-8,13,16H,9-10H2,1-2H3,(H,17,18,19). The Morgan fingerprint density at radius 3 is 2.57 bits per heavy atom. The summed E-state index contributed by atoms with van der Waals surface area (Å²) in [7, 11) is -3.20. The van der Waals surface area contributed by atoms with Gasteiger partial charge in [-0.2, -0.15) is 0 Å². The molecule has 8 heteroatoms. The Kier molecular flexibility index (Phi) is 5.51. The van der Waals surface area contributed by atoms with Crippen molar-refractivity contribution in [2.45, 2.75) is 13.0 Å². The second-order valence-electron chi connectivity index (χ2n) is 5.31. The van der Waals surface area contributed by atoms with E-state index in [4.69, 9.17) is 4.52 Å². The topological polar surface area (TPSA) is 101 Å². The Balaban J connectivity index is 1.99. The molecule has 2 rings (SSSR count). The smallest absolute Gasteiger partial charge is 0.239 e. The maximum atomic E-state index is 11.9. The number of carbonyl (C=O) groups is 1. The van der Waals surface area contributed by atoms with E-state index in [9.17, 15) is 13.2 Å². The zero-order valence-electron chi connectivity index (χ0n) is 12.9. The van der Waals surface area contributed by atoms with Gasteiger partial charge in [0.25, 0.3) is 0 Å². The van der Waals surface area contributed by atoms with E-state index in [-0.39, 0.29) is 18.2 Å². The van der Waals surface area contributed by atoms with Crippen molar-refractivity contribution in [3.63, 3.8) is 0 Å². The lowest BCUT2D eigenvalue weighted by molar-refractivity contribution is -0.115. The second kappa shape index (κ2) is 7.38. The fourth-order valence-electron chi connectivity index (χ4n) is 2.09. The van der Waals surface area contributed by atoms with Gasteiger partial charge in [-0.3, -0.25) is 4.79 Å². The number of amides is 1. The first-order chi connectivity index (χ1) is 10.8. The number of rotatable bonds is 7. The van der Waals surface area contributed by atoms with Crippen molar-refractivity contribution in [1.82, 2.24) is 10.5 Å². The van der Waals surface area contributed by atoms with Gasteiger partial charge in [-0.1, -0.05) is 35.5 Å². The summed E-state index contributed by atoms with van der Waals surface area (Å²) in [5, 5.41) is 9.22. The summed E-state index contributed by atoms with van der Waals surface area (Å²) in [6.45, 7) is 1.68. The van der Waals surface area contributed by atoms with Crippen LogP contribution in [0.2, 0.25) is 0 Å². The SMILES string of the molecule is Cc1cc(NC(=O)CNC(CS(C)(=O)=O)c2ccccc2)no1. The van der Waals surface area contributed by atoms with Crippen LogP contribution < -0.4 is 10.6 Å². The van der Waals surface area contributed by atoms with E-state index in [1.807, 2.05) is 30.3 Å². The van der Waals surface area contributed by atoms with E-state index in [0.29, 0.717) is 11.6 Å². The molecule has 0 aliphatic carbocycles. The fourth-order valence-corrected chi connectivity index (χ4v) is 3.01. The number of nitrogens with one attached hydrogen (secondary N) is 2. The van der Waals surface area contributed by atoms with Crippen LogP contribution in [-0.4, -0.2) is 38.0 Å². The van der Waals surface area contributed by atoms with Crippen molar-refractivity contribution in [3.8, 4) is 0 Å².